The number of piperidine rings is 1. The molecular weight excluding hydrogens is 436 g/mol. The molecule has 2 N–H and O–H groups in total. The van der Waals surface area contributed by atoms with Crippen molar-refractivity contribution in [2.45, 2.75) is 56.3 Å². The molecule has 7 nitrogen and oxygen atoms in total. The number of halogens is 1. The molecule has 168 valence electrons. The van der Waals surface area contributed by atoms with Gasteiger partial charge in [-0.3, -0.25) is 9.89 Å². The summed E-state index contributed by atoms with van der Waals surface area (Å²) < 4.78 is 27.0. The number of hydrogen-bond donors (Lipinski definition) is 2. The fourth-order valence-electron chi connectivity index (χ4n) is 4.57. The predicted molar refractivity (Wildman–Crippen MR) is 120 cm³/mol. The molecule has 2 fully saturated rings. The van der Waals surface area contributed by atoms with Crippen LogP contribution in [0.2, 0.25) is 5.02 Å². The summed E-state index contributed by atoms with van der Waals surface area (Å²) in [6.07, 6.45) is 8.40. The molecule has 1 aliphatic heterocycles. The van der Waals surface area contributed by atoms with Crippen molar-refractivity contribution in [2.75, 3.05) is 18.4 Å². The van der Waals surface area contributed by atoms with Crippen molar-refractivity contribution in [3.05, 3.63) is 41.0 Å². The highest BCUT2D eigenvalue weighted by Gasteiger charge is 2.32. The van der Waals surface area contributed by atoms with Crippen LogP contribution in [-0.2, 0) is 21.2 Å². The van der Waals surface area contributed by atoms with Gasteiger partial charge in [0.2, 0.25) is 15.9 Å². The van der Waals surface area contributed by atoms with Crippen LogP contribution in [-0.4, -0.2) is 41.9 Å². The smallest absolute Gasteiger partial charge is 0.243 e. The zero-order valence-electron chi connectivity index (χ0n) is 17.5. The number of amides is 1. The van der Waals surface area contributed by atoms with Gasteiger partial charge in [-0.1, -0.05) is 43.7 Å². The number of nitrogens with zero attached hydrogens (tertiary/aromatic N) is 2. The van der Waals surface area contributed by atoms with Crippen molar-refractivity contribution in [3.63, 3.8) is 0 Å². The fraction of sp³-hybridized carbons (Fsp3) is 0.545. The van der Waals surface area contributed by atoms with Crippen molar-refractivity contribution in [3.8, 4) is 0 Å². The lowest BCUT2D eigenvalue weighted by molar-refractivity contribution is -0.120. The Morgan fingerprint density at radius 2 is 1.77 bits per heavy atom. The van der Waals surface area contributed by atoms with E-state index >= 15 is 0 Å². The van der Waals surface area contributed by atoms with Crippen molar-refractivity contribution in [1.29, 1.82) is 0 Å². The van der Waals surface area contributed by atoms with Crippen molar-refractivity contribution < 1.29 is 13.2 Å². The van der Waals surface area contributed by atoms with E-state index in [4.69, 9.17) is 11.6 Å². The molecule has 31 heavy (non-hydrogen) atoms. The third-order valence-electron chi connectivity index (χ3n) is 6.39. The molecule has 4 rings (SSSR count). The Hall–Kier alpha value is -1.90. The van der Waals surface area contributed by atoms with E-state index in [1.54, 1.807) is 12.1 Å². The Morgan fingerprint density at radius 1 is 1.10 bits per heavy atom. The Kier molecular flexibility index (Phi) is 6.99. The average Bonchev–Trinajstić information content (AvgIpc) is 3.21. The summed E-state index contributed by atoms with van der Waals surface area (Å²) in [7, 11) is -3.57. The maximum absolute atomic E-state index is 12.8. The number of nitrogens with one attached hydrogen (secondary N) is 2. The standard InChI is InChI=1S/C22H29ClN4O3S/c23-18-6-8-20(9-7-18)31(29,30)27-12-10-17(11-13-27)22(28)24-21-15-19(25-26-21)14-16-4-2-1-3-5-16/h6-9,15-17H,1-5,10-14H2,(H2,24,25,26,28). The fourth-order valence-corrected chi connectivity index (χ4v) is 6.17. The van der Waals surface area contributed by atoms with E-state index in [1.165, 1.54) is 48.5 Å². The Labute approximate surface area is 188 Å². The molecule has 0 atom stereocenters. The number of benzene rings is 1. The topological polar surface area (TPSA) is 95.2 Å². The van der Waals surface area contributed by atoms with Gasteiger partial charge in [-0.2, -0.15) is 9.40 Å². The molecule has 0 bridgehead atoms. The van der Waals surface area contributed by atoms with Gasteiger partial charge >= 0.3 is 0 Å². The van der Waals surface area contributed by atoms with Gasteiger partial charge in [0.05, 0.1) is 4.90 Å². The van der Waals surface area contributed by atoms with Gasteiger partial charge in [0.25, 0.3) is 0 Å². The summed E-state index contributed by atoms with van der Waals surface area (Å²) in [5, 5.41) is 10.7. The van der Waals surface area contributed by atoms with Crippen LogP contribution in [0.15, 0.2) is 35.2 Å². The maximum atomic E-state index is 12.8. The number of rotatable bonds is 6. The van der Waals surface area contributed by atoms with E-state index in [-0.39, 0.29) is 16.7 Å². The van der Waals surface area contributed by atoms with Crippen LogP contribution in [0.3, 0.4) is 0 Å². The van der Waals surface area contributed by atoms with Crippen LogP contribution in [0.4, 0.5) is 5.82 Å². The lowest BCUT2D eigenvalue weighted by Crippen LogP contribution is -2.41. The zero-order chi connectivity index (χ0) is 21.8. The van der Waals surface area contributed by atoms with Crippen LogP contribution in [0.1, 0.15) is 50.6 Å². The Balaban J connectivity index is 1.29. The summed E-state index contributed by atoms with van der Waals surface area (Å²) in [6, 6.07) is 8.09. The SMILES string of the molecule is O=C(Nc1cc(CC2CCCCC2)[nH]n1)C1CCN(S(=O)(=O)c2ccc(Cl)cc2)CC1. The van der Waals surface area contributed by atoms with Crippen molar-refractivity contribution in [2.24, 2.45) is 11.8 Å². The highest BCUT2D eigenvalue weighted by Crippen LogP contribution is 2.28. The minimum absolute atomic E-state index is 0.0979. The van der Waals surface area contributed by atoms with Gasteiger partial charge in [0, 0.05) is 35.8 Å². The van der Waals surface area contributed by atoms with Gasteiger partial charge in [-0.25, -0.2) is 8.42 Å². The molecular formula is C22H29ClN4O3S. The molecule has 1 saturated heterocycles. The summed E-state index contributed by atoms with van der Waals surface area (Å²) in [5.74, 6) is 0.922. The highest BCUT2D eigenvalue weighted by atomic mass is 35.5. The number of aromatic amines is 1. The van der Waals surface area contributed by atoms with E-state index in [9.17, 15) is 13.2 Å². The second kappa shape index (κ2) is 9.71. The second-order valence-electron chi connectivity index (χ2n) is 8.61. The van der Waals surface area contributed by atoms with Crippen molar-refractivity contribution >= 4 is 33.3 Å². The van der Waals surface area contributed by atoms with E-state index in [0.29, 0.717) is 42.7 Å². The molecule has 2 heterocycles. The van der Waals surface area contributed by atoms with E-state index in [1.807, 2.05) is 6.07 Å². The molecule has 1 aromatic heterocycles. The lowest BCUT2D eigenvalue weighted by atomic mass is 9.86. The molecule has 9 heteroatoms. The lowest BCUT2D eigenvalue weighted by Gasteiger charge is -2.30. The Bertz CT molecular complexity index is 992. The first-order valence-corrected chi connectivity index (χ1v) is 12.8. The number of anilines is 1. The monoisotopic (exact) mass is 464 g/mol. The minimum Gasteiger partial charge on any atom is -0.309 e. The van der Waals surface area contributed by atoms with Crippen LogP contribution >= 0.6 is 11.6 Å². The van der Waals surface area contributed by atoms with E-state index < -0.39 is 10.0 Å². The van der Waals surface area contributed by atoms with Gasteiger partial charge in [0.1, 0.15) is 0 Å². The van der Waals surface area contributed by atoms with E-state index in [2.05, 4.69) is 15.5 Å². The molecule has 0 radical (unpaired) electrons. The highest BCUT2D eigenvalue weighted by molar-refractivity contribution is 7.89. The molecule has 1 aromatic carbocycles. The summed E-state index contributed by atoms with van der Waals surface area (Å²) in [6.45, 7) is 0.632. The number of sulfonamides is 1. The number of H-pyrrole nitrogens is 1. The molecule has 1 amide bonds. The van der Waals surface area contributed by atoms with Crippen LogP contribution in [0.5, 0.6) is 0 Å². The van der Waals surface area contributed by atoms with E-state index in [0.717, 1.165) is 12.1 Å². The summed E-state index contributed by atoms with van der Waals surface area (Å²) in [5.41, 5.74) is 1.06. The van der Waals surface area contributed by atoms with Crippen LogP contribution in [0.25, 0.3) is 0 Å². The predicted octanol–water partition coefficient (Wildman–Crippen LogP) is 4.23. The van der Waals surface area contributed by atoms with Crippen molar-refractivity contribution in [1.82, 2.24) is 14.5 Å². The quantitative estimate of drug-likeness (QED) is 0.668. The average molecular weight is 465 g/mol. The summed E-state index contributed by atoms with van der Waals surface area (Å²) >= 11 is 5.86. The minimum atomic E-state index is -3.57. The molecule has 2 aromatic rings. The van der Waals surface area contributed by atoms with Crippen LogP contribution in [0, 0.1) is 11.8 Å². The largest absolute Gasteiger partial charge is 0.309 e. The zero-order valence-corrected chi connectivity index (χ0v) is 19.1. The second-order valence-corrected chi connectivity index (χ2v) is 11.0. The molecule has 0 unspecified atom stereocenters. The first-order chi connectivity index (χ1) is 14.9. The first-order valence-electron chi connectivity index (χ1n) is 11.0. The van der Waals surface area contributed by atoms with Gasteiger partial charge in [0.15, 0.2) is 5.82 Å². The Morgan fingerprint density at radius 3 is 2.45 bits per heavy atom. The number of carbonyl (C=O) groups excluding carboxylic acids is 1. The normalized spacial score (nSPS) is 19.4. The molecule has 1 saturated carbocycles. The number of hydrogen-bond acceptors (Lipinski definition) is 4. The van der Waals surface area contributed by atoms with Gasteiger partial charge in [-0.05, 0) is 49.4 Å². The summed E-state index contributed by atoms with van der Waals surface area (Å²) in [4.78, 5) is 12.9. The third kappa shape index (κ3) is 5.48. The molecule has 0 spiro atoms. The number of carbonyl (C=O) groups is 1. The molecule has 1 aliphatic carbocycles. The third-order valence-corrected chi connectivity index (χ3v) is 8.56. The maximum Gasteiger partial charge on any atom is 0.243 e. The first kappa shape index (κ1) is 22.3. The van der Waals surface area contributed by atoms with Gasteiger partial charge in [-0.15, -0.1) is 0 Å². The number of aromatic nitrogens is 2. The van der Waals surface area contributed by atoms with Gasteiger partial charge < -0.3 is 5.32 Å². The van der Waals surface area contributed by atoms with Crippen LogP contribution < -0.4 is 5.32 Å². The molecule has 2 aliphatic rings.